The number of aryl methyl sites for hydroxylation is 2. The molecular formula is C13H23NO3S. The molecule has 0 radical (unpaired) electrons. The lowest BCUT2D eigenvalue weighted by atomic mass is 10.0. The Labute approximate surface area is 110 Å². The van der Waals surface area contributed by atoms with E-state index in [4.69, 9.17) is 4.42 Å². The number of hydrogen-bond donors (Lipinski definition) is 1. The van der Waals surface area contributed by atoms with Crippen LogP contribution >= 0.6 is 0 Å². The van der Waals surface area contributed by atoms with Crippen molar-refractivity contribution in [1.82, 2.24) is 5.32 Å². The largest absolute Gasteiger partial charge is 0.466 e. The van der Waals surface area contributed by atoms with Crippen molar-refractivity contribution in [2.75, 3.05) is 18.6 Å². The van der Waals surface area contributed by atoms with Gasteiger partial charge in [-0.25, -0.2) is 8.42 Å². The van der Waals surface area contributed by atoms with Gasteiger partial charge < -0.3 is 9.73 Å². The van der Waals surface area contributed by atoms with Gasteiger partial charge in [0.1, 0.15) is 21.4 Å². The summed E-state index contributed by atoms with van der Waals surface area (Å²) in [6.45, 7) is 5.55. The van der Waals surface area contributed by atoms with Crippen molar-refractivity contribution in [2.24, 2.45) is 0 Å². The summed E-state index contributed by atoms with van der Waals surface area (Å²) in [4.78, 5) is 0. The van der Waals surface area contributed by atoms with Crippen LogP contribution in [0.1, 0.15) is 42.9 Å². The van der Waals surface area contributed by atoms with E-state index in [1.807, 2.05) is 27.0 Å². The minimum Gasteiger partial charge on any atom is -0.466 e. The summed E-state index contributed by atoms with van der Waals surface area (Å²) in [5, 5.41) is 3.22. The van der Waals surface area contributed by atoms with Gasteiger partial charge in [0.2, 0.25) is 0 Å². The van der Waals surface area contributed by atoms with E-state index in [-0.39, 0.29) is 17.5 Å². The minimum absolute atomic E-state index is 0.162. The summed E-state index contributed by atoms with van der Waals surface area (Å²) in [5.41, 5.74) is 1.13. The van der Waals surface area contributed by atoms with Crippen LogP contribution < -0.4 is 5.32 Å². The van der Waals surface area contributed by atoms with Gasteiger partial charge in [-0.2, -0.15) is 0 Å². The molecule has 1 aromatic heterocycles. The molecule has 1 rings (SSSR count). The number of nitrogens with one attached hydrogen (secondary N) is 1. The second kappa shape index (κ2) is 6.38. The Morgan fingerprint density at radius 1 is 1.39 bits per heavy atom. The Morgan fingerprint density at radius 2 is 2.06 bits per heavy atom. The van der Waals surface area contributed by atoms with Gasteiger partial charge in [0.05, 0.1) is 5.75 Å². The van der Waals surface area contributed by atoms with E-state index < -0.39 is 9.84 Å². The summed E-state index contributed by atoms with van der Waals surface area (Å²) < 4.78 is 28.4. The van der Waals surface area contributed by atoms with Crippen molar-refractivity contribution in [3.63, 3.8) is 0 Å². The van der Waals surface area contributed by atoms with Crippen LogP contribution in [-0.4, -0.2) is 27.0 Å². The molecular weight excluding hydrogens is 250 g/mol. The fourth-order valence-electron chi connectivity index (χ4n) is 2.10. The first-order valence-electron chi connectivity index (χ1n) is 6.34. The third-order valence-electron chi connectivity index (χ3n) is 3.19. The molecule has 1 heterocycles. The fourth-order valence-corrected chi connectivity index (χ4v) is 3.00. The molecule has 0 spiro atoms. The van der Waals surface area contributed by atoms with Gasteiger partial charge in [0.25, 0.3) is 0 Å². The van der Waals surface area contributed by atoms with E-state index in [2.05, 4.69) is 5.32 Å². The van der Waals surface area contributed by atoms with E-state index in [0.717, 1.165) is 23.5 Å². The van der Waals surface area contributed by atoms with Crippen LogP contribution in [0.4, 0.5) is 0 Å². The van der Waals surface area contributed by atoms with E-state index in [9.17, 15) is 8.42 Å². The third-order valence-corrected chi connectivity index (χ3v) is 4.98. The zero-order valence-corrected chi connectivity index (χ0v) is 12.4. The first-order valence-corrected chi connectivity index (χ1v) is 8.16. The maximum atomic E-state index is 11.4. The van der Waals surface area contributed by atoms with Crippen molar-refractivity contribution in [1.29, 1.82) is 0 Å². The van der Waals surface area contributed by atoms with Crippen LogP contribution in [0.3, 0.4) is 0 Å². The fraction of sp³-hybridized carbons (Fsp3) is 0.692. The van der Waals surface area contributed by atoms with Crippen LogP contribution in [-0.2, 0) is 9.84 Å². The molecule has 0 saturated heterocycles. The highest BCUT2D eigenvalue weighted by Gasteiger charge is 2.16. The standard InChI is InChI=1S/C13H23NO3S/c1-5-18(15,16)8-6-7-13(14-4)12-9-10(2)17-11(12)3/h9,13-14H,5-8H2,1-4H3. The molecule has 1 unspecified atom stereocenters. The molecule has 0 saturated carbocycles. The smallest absolute Gasteiger partial charge is 0.150 e. The van der Waals surface area contributed by atoms with Gasteiger partial charge in [0.15, 0.2) is 0 Å². The van der Waals surface area contributed by atoms with E-state index in [0.29, 0.717) is 6.42 Å². The topological polar surface area (TPSA) is 59.3 Å². The van der Waals surface area contributed by atoms with Gasteiger partial charge in [-0.15, -0.1) is 0 Å². The van der Waals surface area contributed by atoms with Crippen LogP contribution in [0.15, 0.2) is 10.5 Å². The van der Waals surface area contributed by atoms with Crippen LogP contribution in [0.25, 0.3) is 0 Å². The molecule has 0 amide bonds. The number of sulfone groups is 1. The first-order chi connectivity index (χ1) is 8.39. The molecule has 0 aliphatic heterocycles. The first kappa shape index (κ1) is 15.2. The quantitative estimate of drug-likeness (QED) is 0.828. The maximum absolute atomic E-state index is 11.4. The monoisotopic (exact) mass is 273 g/mol. The molecule has 4 nitrogen and oxygen atoms in total. The van der Waals surface area contributed by atoms with Gasteiger partial charge in [-0.3, -0.25) is 0 Å². The van der Waals surface area contributed by atoms with Crippen molar-refractivity contribution < 1.29 is 12.8 Å². The average Bonchev–Trinajstić information content (AvgIpc) is 2.64. The predicted molar refractivity (Wildman–Crippen MR) is 73.5 cm³/mol. The van der Waals surface area contributed by atoms with E-state index in [1.54, 1.807) is 6.92 Å². The second-order valence-electron chi connectivity index (χ2n) is 4.59. The average molecular weight is 273 g/mol. The van der Waals surface area contributed by atoms with Gasteiger partial charge in [-0.05, 0) is 39.8 Å². The van der Waals surface area contributed by atoms with Gasteiger partial charge >= 0.3 is 0 Å². The second-order valence-corrected chi connectivity index (χ2v) is 7.06. The zero-order chi connectivity index (χ0) is 13.8. The van der Waals surface area contributed by atoms with E-state index in [1.165, 1.54) is 0 Å². The molecule has 0 aliphatic carbocycles. The summed E-state index contributed by atoms with van der Waals surface area (Å²) in [6.07, 6.45) is 1.47. The molecule has 0 fully saturated rings. The van der Waals surface area contributed by atoms with Gasteiger partial charge in [-0.1, -0.05) is 6.92 Å². The third kappa shape index (κ3) is 4.14. The van der Waals surface area contributed by atoms with Crippen molar-refractivity contribution in [2.45, 2.75) is 39.7 Å². The SMILES string of the molecule is CCS(=O)(=O)CCCC(NC)c1cc(C)oc1C. The lowest BCUT2D eigenvalue weighted by molar-refractivity contribution is 0.482. The lowest BCUT2D eigenvalue weighted by Gasteiger charge is -2.15. The summed E-state index contributed by atoms with van der Waals surface area (Å²) in [6, 6.07) is 2.18. The van der Waals surface area contributed by atoms with Crippen LogP contribution in [0.5, 0.6) is 0 Å². The summed E-state index contributed by atoms with van der Waals surface area (Å²) in [7, 11) is -0.972. The Morgan fingerprint density at radius 3 is 2.50 bits per heavy atom. The van der Waals surface area contributed by atoms with Crippen molar-refractivity contribution >= 4 is 9.84 Å². The number of hydrogen-bond acceptors (Lipinski definition) is 4. The number of furan rings is 1. The molecule has 1 aromatic rings. The Kier molecular flexibility index (Phi) is 5.41. The molecule has 5 heteroatoms. The minimum atomic E-state index is -2.86. The molecule has 18 heavy (non-hydrogen) atoms. The van der Waals surface area contributed by atoms with Gasteiger partial charge in [0, 0.05) is 17.4 Å². The summed E-state index contributed by atoms with van der Waals surface area (Å²) in [5.74, 6) is 2.28. The lowest BCUT2D eigenvalue weighted by Crippen LogP contribution is -2.18. The molecule has 104 valence electrons. The normalized spacial score (nSPS) is 13.8. The van der Waals surface area contributed by atoms with Crippen LogP contribution in [0, 0.1) is 13.8 Å². The molecule has 0 bridgehead atoms. The molecule has 1 N–H and O–H groups in total. The predicted octanol–water partition coefficient (Wildman–Crippen LogP) is 2.37. The Hall–Kier alpha value is -0.810. The molecule has 0 aromatic carbocycles. The highest BCUT2D eigenvalue weighted by molar-refractivity contribution is 7.91. The molecule has 1 atom stereocenters. The zero-order valence-electron chi connectivity index (χ0n) is 11.6. The highest BCUT2D eigenvalue weighted by Crippen LogP contribution is 2.25. The van der Waals surface area contributed by atoms with Crippen molar-refractivity contribution in [3.05, 3.63) is 23.2 Å². The van der Waals surface area contributed by atoms with Crippen molar-refractivity contribution in [3.8, 4) is 0 Å². The highest BCUT2D eigenvalue weighted by atomic mass is 32.2. The Balaban J connectivity index is 2.61. The number of rotatable bonds is 7. The maximum Gasteiger partial charge on any atom is 0.150 e. The Bertz CT molecular complexity index is 476. The summed E-state index contributed by atoms with van der Waals surface area (Å²) >= 11 is 0. The molecule has 0 aliphatic rings. The van der Waals surface area contributed by atoms with Crippen LogP contribution in [0.2, 0.25) is 0 Å². The van der Waals surface area contributed by atoms with E-state index >= 15 is 0 Å².